The maximum atomic E-state index is 11.6. The molecule has 6 heteroatoms. The predicted octanol–water partition coefficient (Wildman–Crippen LogP) is 2.43. The smallest absolute Gasteiger partial charge is 0.328 e. The first kappa shape index (κ1) is 13.5. The van der Waals surface area contributed by atoms with Gasteiger partial charge in [-0.15, -0.1) is 0 Å². The molecule has 3 N–H and O–H groups in total. The van der Waals surface area contributed by atoms with E-state index in [0.29, 0.717) is 5.69 Å². The van der Waals surface area contributed by atoms with Crippen molar-refractivity contribution in [3.63, 3.8) is 0 Å². The van der Waals surface area contributed by atoms with E-state index >= 15 is 0 Å². The summed E-state index contributed by atoms with van der Waals surface area (Å²) in [5.41, 5.74) is -0.739. The summed E-state index contributed by atoms with van der Waals surface area (Å²) in [5, 5.41) is 13.8. The number of hydrogen-bond donors (Lipinski definition) is 3. The maximum Gasteiger partial charge on any atom is 0.328 e. The van der Waals surface area contributed by atoms with E-state index < -0.39 is 17.5 Å². The van der Waals surface area contributed by atoms with E-state index in [9.17, 15) is 9.59 Å². The molecule has 1 aromatic carbocycles. The van der Waals surface area contributed by atoms with Gasteiger partial charge in [0.05, 0.1) is 5.69 Å². The second-order valence-corrected chi connectivity index (χ2v) is 4.84. The second-order valence-electron chi connectivity index (χ2n) is 3.99. The highest BCUT2D eigenvalue weighted by molar-refractivity contribution is 9.10. The molecule has 92 valence electrons. The molecule has 0 aromatic heterocycles. The van der Waals surface area contributed by atoms with Crippen molar-refractivity contribution < 1.29 is 14.7 Å². The van der Waals surface area contributed by atoms with Gasteiger partial charge in [-0.05, 0) is 41.9 Å². The van der Waals surface area contributed by atoms with Crippen molar-refractivity contribution in [2.75, 3.05) is 5.32 Å². The first-order valence-electron chi connectivity index (χ1n) is 4.90. The quantitative estimate of drug-likeness (QED) is 0.802. The highest BCUT2D eigenvalue weighted by Crippen LogP contribution is 2.21. The average molecular weight is 301 g/mol. The Labute approximate surface area is 107 Å². The molecule has 0 saturated heterocycles. The molecule has 1 aromatic rings. The maximum absolute atomic E-state index is 11.6. The van der Waals surface area contributed by atoms with E-state index in [0.717, 1.165) is 4.47 Å². The number of amides is 2. The van der Waals surface area contributed by atoms with Crippen molar-refractivity contribution in [1.29, 1.82) is 0 Å². The monoisotopic (exact) mass is 300 g/mol. The lowest BCUT2D eigenvalue weighted by Gasteiger charge is -2.21. The Bertz CT molecular complexity index is 446. The minimum atomic E-state index is -1.31. The lowest BCUT2D eigenvalue weighted by molar-refractivity contribution is -0.142. The minimum Gasteiger partial charge on any atom is -0.480 e. The number of aliphatic carboxylic acids is 1. The first-order chi connectivity index (χ1) is 7.83. The minimum absolute atomic E-state index is 0.565. The van der Waals surface area contributed by atoms with Crippen molar-refractivity contribution in [3.8, 4) is 0 Å². The molecule has 0 spiro atoms. The lowest BCUT2D eigenvalue weighted by atomic mass is 10.1. The number of carbonyl (C=O) groups is 2. The van der Waals surface area contributed by atoms with Crippen LogP contribution in [0.15, 0.2) is 28.7 Å². The fourth-order valence-electron chi connectivity index (χ4n) is 1.05. The van der Waals surface area contributed by atoms with Crippen molar-refractivity contribution in [1.82, 2.24) is 5.32 Å². The van der Waals surface area contributed by atoms with E-state index in [4.69, 9.17) is 5.11 Å². The van der Waals surface area contributed by atoms with Crippen LogP contribution in [-0.2, 0) is 4.79 Å². The van der Waals surface area contributed by atoms with Crippen molar-refractivity contribution in [3.05, 3.63) is 28.7 Å². The Morgan fingerprint density at radius 3 is 2.41 bits per heavy atom. The number of benzene rings is 1. The third-order valence-corrected chi connectivity index (χ3v) is 2.77. The Kier molecular flexibility index (Phi) is 4.11. The highest BCUT2D eigenvalue weighted by atomic mass is 79.9. The Morgan fingerprint density at radius 1 is 1.29 bits per heavy atom. The third kappa shape index (κ3) is 3.74. The van der Waals surface area contributed by atoms with Gasteiger partial charge in [0.1, 0.15) is 5.54 Å². The van der Waals surface area contributed by atoms with Crippen LogP contribution in [0.3, 0.4) is 0 Å². The molecule has 0 saturated carbocycles. The van der Waals surface area contributed by atoms with Gasteiger partial charge >= 0.3 is 12.0 Å². The van der Waals surface area contributed by atoms with Crippen LogP contribution in [0.1, 0.15) is 13.8 Å². The highest BCUT2D eigenvalue weighted by Gasteiger charge is 2.28. The lowest BCUT2D eigenvalue weighted by Crippen LogP contribution is -2.51. The van der Waals surface area contributed by atoms with Crippen LogP contribution in [-0.4, -0.2) is 22.6 Å². The summed E-state index contributed by atoms with van der Waals surface area (Å²) in [7, 11) is 0. The van der Waals surface area contributed by atoms with Crippen molar-refractivity contribution in [2.45, 2.75) is 19.4 Å². The molecule has 0 bridgehead atoms. The van der Waals surface area contributed by atoms with E-state index in [1.54, 1.807) is 18.2 Å². The van der Waals surface area contributed by atoms with Crippen LogP contribution in [0.4, 0.5) is 10.5 Å². The largest absolute Gasteiger partial charge is 0.480 e. The van der Waals surface area contributed by atoms with Crippen LogP contribution >= 0.6 is 15.9 Å². The SMILES string of the molecule is CC(C)(NC(=O)Nc1ccccc1Br)C(=O)O. The van der Waals surface area contributed by atoms with Crippen LogP contribution in [0.25, 0.3) is 0 Å². The number of halogens is 1. The van der Waals surface area contributed by atoms with Crippen molar-refractivity contribution in [2.24, 2.45) is 0 Å². The van der Waals surface area contributed by atoms with Gasteiger partial charge in [0, 0.05) is 4.47 Å². The van der Waals surface area contributed by atoms with Crippen LogP contribution in [0.5, 0.6) is 0 Å². The summed E-state index contributed by atoms with van der Waals surface area (Å²) in [5.74, 6) is -1.10. The zero-order valence-corrected chi connectivity index (χ0v) is 11.0. The summed E-state index contributed by atoms with van der Waals surface area (Å²) in [6.07, 6.45) is 0. The number of carbonyl (C=O) groups excluding carboxylic acids is 1. The van der Waals surface area contributed by atoms with E-state index in [1.807, 2.05) is 6.07 Å². The third-order valence-electron chi connectivity index (χ3n) is 2.08. The Hall–Kier alpha value is -1.56. The predicted molar refractivity (Wildman–Crippen MR) is 68.0 cm³/mol. The fraction of sp³-hybridized carbons (Fsp3) is 0.273. The van der Waals surface area contributed by atoms with E-state index in [-0.39, 0.29) is 0 Å². The molecular weight excluding hydrogens is 288 g/mol. The standard InChI is InChI=1S/C11H13BrN2O3/c1-11(2,9(15)16)14-10(17)13-8-6-4-3-5-7(8)12/h3-6H,1-2H3,(H,15,16)(H2,13,14,17). The Balaban J connectivity index is 2.69. The van der Waals surface area contributed by atoms with Gasteiger partial charge in [0.2, 0.25) is 0 Å². The summed E-state index contributed by atoms with van der Waals surface area (Å²) in [4.78, 5) is 22.4. The number of urea groups is 1. The molecule has 17 heavy (non-hydrogen) atoms. The van der Waals surface area contributed by atoms with Gasteiger partial charge in [0.25, 0.3) is 0 Å². The topological polar surface area (TPSA) is 78.4 Å². The summed E-state index contributed by atoms with van der Waals surface area (Å²) >= 11 is 3.27. The average Bonchev–Trinajstić information content (AvgIpc) is 2.20. The fourth-order valence-corrected chi connectivity index (χ4v) is 1.44. The van der Waals surface area contributed by atoms with E-state index in [1.165, 1.54) is 13.8 Å². The zero-order chi connectivity index (χ0) is 13.1. The van der Waals surface area contributed by atoms with Gasteiger partial charge in [-0.1, -0.05) is 12.1 Å². The number of anilines is 1. The molecule has 0 aliphatic heterocycles. The molecule has 0 heterocycles. The Morgan fingerprint density at radius 2 is 1.88 bits per heavy atom. The number of nitrogens with one attached hydrogen (secondary N) is 2. The molecule has 0 unspecified atom stereocenters. The van der Waals surface area contributed by atoms with Gasteiger partial charge in [-0.25, -0.2) is 9.59 Å². The van der Waals surface area contributed by atoms with Gasteiger partial charge in [0.15, 0.2) is 0 Å². The molecule has 0 fully saturated rings. The summed E-state index contributed by atoms with van der Waals surface area (Å²) in [6.45, 7) is 2.82. The molecule has 1 rings (SSSR count). The number of carboxylic acids is 1. The van der Waals surface area contributed by atoms with E-state index in [2.05, 4.69) is 26.6 Å². The van der Waals surface area contributed by atoms with Crippen LogP contribution in [0, 0.1) is 0 Å². The molecule has 0 aliphatic carbocycles. The van der Waals surface area contributed by atoms with Gasteiger partial charge in [-0.2, -0.15) is 0 Å². The molecule has 0 aliphatic rings. The second kappa shape index (κ2) is 5.18. The number of rotatable bonds is 3. The number of carboxylic acid groups (broad SMARTS) is 1. The summed E-state index contributed by atoms with van der Waals surface area (Å²) < 4.78 is 0.725. The summed E-state index contributed by atoms with van der Waals surface area (Å²) in [6, 6.07) is 6.50. The van der Waals surface area contributed by atoms with Gasteiger partial charge in [-0.3, -0.25) is 0 Å². The molecule has 0 radical (unpaired) electrons. The molecular formula is C11H13BrN2O3. The van der Waals surface area contributed by atoms with Crippen molar-refractivity contribution >= 4 is 33.6 Å². The molecule has 5 nitrogen and oxygen atoms in total. The first-order valence-corrected chi connectivity index (χ1v) is 5.69. The number of hydrogen-bond acceptors (Lipinski definition) is 2. The normalized spacial score (nSPS) is 10.8. The molecule has 0 atom stereocenters. The van der Waals surface area contributed by atoms with Crippen LogP contribution < -0.4 is 10.6 Å². The van der Waals surface area contributed by atoms with Gasteiger partial charge < -0.3 is 15.7 Å². The molecule has 2 amide bonds. The number of para-hydroxylation sites is 1. The van der Waals surface area contributed by atoms with Crippen LogP contribution in [0.2, 0.25) is 0 Å². The zero-order valence-electron chi connectivity index (χ0n) is 9.45.